The van der Waals surface area contributed by atoms with Gasteiger partial charge in [0.1, 0.15) is 0 Å². The lowest BCUT2D eigenvalue weighted by Crippen LogP contribution is -1.86. The van der Waals surface area contributed by atoms with Gasteiger partial charge in [0.25, 0.3) is 0 Å². The number of aryl methyl sites for hydroxylation is 3. The summed E-state index contributed by atoms with van der Waals surface area (Å²) >= 11 is 0. The maximum Gasteiger partial charge on any atom is 0.181 e. The largest absolute Gasteiger partial charge is 0.273 e. The Balaban J connectivity index is 2.15. The molecule has 0 atom stereocenters. The van der Waals surface area contributed by atoms with Gasteiger partial charge in [0.05, 0.1) is 0 Å². The number of nitrogens with zero attached hydrogens (tertiary/aromatic N) is 3. The molecule has 2 heterocycles. The molecule has 18 heavy (non-hydrogen) atoms. The van der Waals surface area contributed by atoms with Crippen molar-refractivity contribution < 1.29 is 0 Å². The van der Waals surface area contributed by atoms with Crippen LogP contribution < -0.4 is 0 Å². The van der Waals surface area contributed by atoms with E-state index in [1.807, 2.05) is 19.4 Å². The lowest BCUT2D eigenvalue weighted by atomic mass is 10.0. The average molecular weight is 237 g/mol. The van der Waals surface area contributed by atoms with E-state index in [-0.39, 0.29) is 0 Å². The Bertz CT molecular complexity index is 726. The fourth-order valence-electron chi connectivity index (χ4n) is 2.11. The first-order chi connectivity index (χ1) is 8.63. The number of aromatic nitrogens is 3. The second-order valence-corrected chi connectivity index (χ2v) is 4.74. The quantitative estimate of drug-likeness (QED) is 0.650. The zero-order valence-electron chi connectivity index (χ0n) is 10.8. The SMILES string of the molecule is Cc1ccc(-c2cnc3nn(C)cc3c2)cc1C. The van der Waals surface area contributed by atoms with Crippen molar-refractivity contribution in [3.8, 4) is 11.1 Å². The monoisotopic (exact) mass is 237 g/mol. The van der Waals surface area contributed by atoms with Gasteiger partial charge in [-0.15, -0.1) is 0 Å². The minimum atomic E-state index is 0.796. The van der Waals surface area contributed by atoms with E-state index in [2.05, 4.69) is 48.2 Å². The molecule has 0 bridgehead atoms. The molecule has 3 rings (SSSR count). The van der Waals surface area contributed by atoms with E-state index in [1.165, 1.54) is 16.7 Å². The first-order valence-electron chi connectivity index (χ1n) is 6.00. The predicted octanol–water partition coefficient (Wildman–Crippen LogP) is 3.25. The number of rotatable bonds is 1. The molecule has 1 aromatic carbocycles. The van der Waals surface area contributed by atoms with Gasteiger partial charge in [0, 0.05) is 30.4 Å². The van der Waals surface area contributed by atoms with Gasteiger partial charge in [0.15, 0.2) is 5.65 Å². The zero-order valence-corrected chi connectivity index (χ0v) is 10.8. The lowest BCUT2D eigenvalue weighted by molar-refractivity contribution is 0.776. The van der Waals surface area contributed by atoms with Crippen LogP contribution >= 0.6 is 0 Å². The van der Waals surface area contributed by atoms with Gasteiger partial charge >= 0.3 is 0 Å². The number of hydrogen-bond acceptors (Lipinski definition) is 2. The summed E-state index contributed by atoms with van der Waals surface area (Å²) in [6.07, 6.45) is 3.88. The Labute approximate surface area is 106 Å². The summed E-state index contributed by atoms with van der Waals surface area (Å²) in [4.78, 5) is 4.40. The highest BCUT2D eigenvalue weighted by atomic mass is 15.3. The number of hydrogen-bond donors (Lipinski definition) is 0. The van der Waals surface area contributed by atoms with Crippen LogP contribution in [0.5, 0.6) is 0 Å². The van der Waals surface area contributed by atoms with Gasteiger partial charge in [-0.2, -0.15) is 5.10 Å². The van der Waals surface area contributed by atoms with Gasteiger partial charge in [-0.05, 0) is 36.6 Å². The number of pyridine rings is 1. The molecule has 0 aliphatic rings. The molecule has 0 saturated carbocycles. The molecule has 2 aromatic heterocycles. The van der Waals surface area contributed by atoms with Crippen LogP contribution in [-0.2, 0) is 7.05 Å². The summed E-state index contributed by atoms with van der Waals surface area (Å²) in [6.45, 7) is 4.26. The first-order valence-corrected chi connectivity index (χ1v) is 6.00. The first kappa shape index (κ1) is 11.0. The van der Waals surface area contributed by atoms with E-state index >= 15 is 0 Å². The Hall–Kier alpha value is -2.16. The molecular weight excluding hydrogens is 222 g/mol. The van der Waals surface area contributed by atoms with Crippen LogP contribution in [0.2, 0.25) is 0 Å². The molecule has 0 saturated heterocycles. The molecule has 0 radical (unpaired) electrons. The highest BCUT2D eigenvalue weighted by Gasteiger charge is 2.04. The second-order valence-electron chi connectivity index (χ2n) is 4.74. The van der Waals surface area contributed by atoms with E-state index in [4.69, 9.17) is 0 Å². The summed E-state index contributed by atoms with van der Waals surface area (Å²) in [5.74, 6) is 0. The smallest absolute Gasteiger partial charge is 0.181 e. The van der Waals surface area contributed by atoms with Crippen molar-refractivity contribution in [3.63, 3.8) is 0 Å². The Morgan fingerprint density at radius 1 is 1.00 bits per heavy atom. The van der Waals surface area contributed by atoms with Crippen LogP contribution in [0, 0.1) is 13.8 Å². The molecule has 0 unspecified atom stereocenters. The molecule has 0 aliphatic heterocycles. The molecule has 0 fully saturated rings. The van der Waals surface area contributed by atoms with Crippen molar-refractivity contribution in [2.24, 2.45) is 7.05 Å². The van der Waals surface area contributed by atoms with Crippen LogP contribution in [-0.4, -0.2) is 14.8 Å². The Morgan fingerprint density at radius 2 is 1.83 bits per heavy atom. The maximum absolute atomic E-state index is 4.40. The summed E-state index contributed by atoms with van der Waals surface area (Å²) < 4.78 is 1.79. The topological polar surface area (TPSA) is 30.7 Å². The van der Waals surface area contributed by atoms with Gasteiger partial charge in [-0.25, -0.2) is 4.98 Å². The van der Waals surface area contributed by atoms with E-state index in [0.29, 0.717) is 0 Å². The minimum absolute atomic E-state index is 0.796. The normalized spacial score (nSPS) is 11.1. The molecule has 0 aliphatic carbocycles. The fraction of sp³-hybridized carbons (Fsp3) is 0.200. The van der Waals surface area contributed by atoms with E-state index in [1.54, 1.807) is 4.68 Å². The Morgan fingerprint density at radius 3 is 2.61 bits per heavy atom. The summed E-state index contributed by atoms with van der Waals surface area (Å²) in [5, 5.41) is 5.36. The third-order valence-electron chi connectivity index (χ3n) is 3.31. The van der Waals surface area contributed by atoms with Crippen LogP contribution in [0.1, 0.15) is 11.1 Å². The fourth-order valence-corrected chi connectivity index (χ4v) is 2.11. The summed E-state index contributed by atoms with van der Waals surface area (Å²) in [6, 6.07) is 8.63. The summed E-state index contributed by atoms with van der Waals surface area (Å²) in [7, 11) is 1.91. The van der Waals surface area contributed by atoms with Crippen LogP contribution in [0.4, 0.5) is 0 Å². The highest BCUT2D eigenvalue weighted by molar-refractivity contribution is 5.80. The van der Waals surface area contributed by atoms with E-state index in [0.717, 1.165) is 16.6 Å². The molecule has 3 heteroatoms. The van der Waals surface area contributed by atoms with Gasteiger partial charge in [-0.1, -0.05) is 18.2 Å². The van der Waals surface area contributed by atoms with Crippen LogP contribution in [0.15, 0.2) is 36.7 Å². The van der Waals surface area contributed by atoms with Crippen molar-refractivity contribution >= 4 is 11.0 Å². The second kappa shape index (κ2) is 3.95. The van der Waals surface area contributed by atoms with Crippen molar-refractivity contribution in [1.29, 1.82) is 0 Å². The zero-order chi connectivity index (χ0) is 12.7. The Kier molecular flexibility index (Phi) is 2.40. The molecule has 90 valence electrons. The molecule has 3 nitrogen and oxygen atoms in total. The van der Waals surface area contributed by atoms with Crippen LogP contribution in [0.3, 0.4) is 0 Å². The van der Waals surface area contributed by atoms with E-state index < -0.39 is 0 Å². The van der Waals surface area contributed by atoms with Crippen molar-refractivity contribution in [2.75, 3.05) is 0 Å². The lowest BCUT2D eigenvalue weighted by Gasteiger charge is -2.05. The molecule has 0 amide bonds. The van der Waals surface area contributed by atoms with Gasteiger partial charge in [-0.3, -0.25) is 4.68 Å². The predicted molar refractivity (Wildman–Crippen MR) is 73.4 cm³/mol. The van der Waals surface area contributed by atoms with Gasteiger partial charge < -0.3 is 0 Å². The molecule has 0 spiro atoms. The minimum Gasteiger partial charge on any atom is -0.273 e. The van der Waals surface area contributed by atoms with Crippen molar-refractivity contribution in [2.45, 2.75) is 13.8 Å². The van der Waals surface area contributed by atoms with E-state index in [9.17, 15) is 0 Å². The maximum atomic E-state index is 4.40. The number of benzene rings is 1. The standard InChI is InChI=1S/C15H15N3/c1-10-4-5-12(6-11(10)2)13-7-14-9-18(3)17-15(14)16-8-13/h4-9H,1-3H3. The third kappa shape index (κ3) is 1.78. The molecule has 3 aromatic rings. The van der Waals surface area contributed by atoms with Crippen molar-refractivity contribution in [1.82, 2.24) is 14.8 Å². The third-order valence-corrected chi connectivity index (χ3v) is 3.31. The molecular formula is C15H15N3. The average Bonchev–Trinajstić information content (AvgIpc) is 2.71. The van der Waals surface area contributed by atoms with Crippen LogP contribution in [0.25, 0.3) is 22.2 Å². The molecule has 0 N–H and O–H groups in total. The number of fused-ring (bicyclic) bond motifs is 1. The van der Waals surface area contributed by atoms with Crippen molar-refractivity contribution in [3.05, 3.63) is 47.8 Å². The highest BCUT2D eigenvalue weighted by Crippen LogP contribution is 2.24. The summed E-state index contributed by atoms with van der Waals surface area (Å²) in [5.41, 5.74) is 5.76. The van der Waals surface area contributed by atoms with Gasteiger partial charge in [0.2, 0.25) is 0 Å².